The molecule has 2 aromatic rings. The number of nitrogens with zero attached hydrogens (tertiary/aromatic N) is 4. The molecule has 1 aliphatic rings. The molecule has 5 nitrogen and oxygen atoms in total. The fourth-order valence-electron chi connectivity index (χ4n) is 2.94. The van der Waals surface area contributed by atoms with Crippen LogP contribution in [0.2, 0.25) is 0 Å². The standard InChI is InChI=1S/C14H21N5/c1-11-8-12(19-13(18-11)16-10-17-19)15-9-14(2)6-4-3-5-7-14/h8,10,15H,3-7,9H2,1-2H3. The topological polar surface area (TPSA) is 55.1 Å². The number of fused-ring (bicyclic) bond motifs is 1. The van der Waals surface area contributed by atoms with E-state index in [4.69, 9.17) is 0 Å². The molecule has 0 radical (unpaired) electrons. The van der Waals surface area contributed by atoms with Crippen molar-refractivity contribution in [2.75, 3.05) is 11.9 Å². The largest absolute Gasteiger partial charge is 0.369 e. The quantitative estimate of drug-likeness (QED) is 0.921. The van der Waals surface area contributed by atoms with Gasteiger partial charge in [-0.3, -0.25) is 0 Å². The van der Waals surface area contributed by atoms with E-state index in [2.05, 4.69) is 27.3 Å². The fourth-order valence-corrected chi connectivity index (χ4v) is 2.94. The molecule has 1 saturated carbocycles. The van der Waals surface area contributed by atoms with E-state index in [0.717, 1.165) is 18.1 Å². The van der Waals surface area contributed by atoms with Gasteiger partial charge in [0, 0.05) is 18.3 Å². The van der Waals surface area contributed by atoms with Gasteiger partial charge in [-0.15, -0.1) is 0 Å². The van der Waals surface area contributed by atoms with Crippen molar-refractivity contribution in [1.29, 1.82) is 0 Å². The number of hydrogen-bond donors (Lipinski definition) is 1. The summed E-state index contributed by atoms with van der Waals surface area (Å²) in [5, 5.41) is 7.77. The van der Waals surface area contributed by atoms with Gasteiger partial charge in [0.05, 0.1) is 0 Å². The van der Waals surface area contributed by atoms with E-state index in [0.29, 0.717) is 11.2 Å². The Balaban J connectivity index is 1.79. The minimum absolute atomic E-state index is 0.405. The van der Waals surface area contributed by atoms with Crippen LogP contribution in [-0.4, -0.2) is 26.1 Å². The number of aromatic nitrogens is 4. The van der Waals surface area contributed by atoms with Crippen LogP contribution in [0.1, 0.15) is 44.7 Å². The molecule has 1 N–H and O–H groups in total. The van der Waals surface area contributed by atoms with Crippen LogP contribution in [0.25, 0.3) is 5.78 Å². The highest BCUT2D eigenvalue weighted by Crippen LogP contribution is 2.35. The zero-order chi connectivity index (χ0) is 13.3. The second-order valence-corrected chi connectivity index (χ2v) is 5.98. The molecule has 0 aromatic carbocycles. The van der Waals surface area contributed by atoms with Crippen molar-refractivity contribution in [3.8, 4) is 0 Å². The maximum atomic E-state index is 4.36. The van der Waals surface area contributed by atoms with E-state index in [1.807, 2.05) is 13.0 Å². The summed E-state index contributed by atoms with van der Waals surface area (Å²) < 4.78 is 1.78. The second-order valence-electron chi connectivity index (χ2n) is 5.98. The summed E-state index contributed by atoms with van der Waals surface area (Å²) in [6.07, 6.45) is 8.26. The third-order valence-corrected chi connectivity index (χ3v) is 4.14. The first-order chi connectivity index (χ1) is 9.16. The van der Waals surface area contributed by atoms with Crippen LogP contribution in [-0.2, 0) is 0 Å². The number of rotatable bonds is 3. The Morgan fingerprint density at radius 3 is 2.89 bits per heavy atom. The molecule has 1 fully saturated rings. The summed E-state index contributed by atoms with van der Waals surface area (Å²) in [6.45, 7) is 5.36. The lowest BCUT2D eigenvalue weighted by Crippen LogP contribution is -2.29. The van der Waals surface area contributed by atoms with Crippen LogP contribution < -0.4 is 5.32 Å². The maximum absolute atomic E-state index is 4.36. The summed E-state index contributed by atoms with van der Waals surface area (Å²) >= 11 is 0. The third kappa shape index (κ3) is 2.55. The summed E-state index contributed by atoms with van der Waals surface area (Å²) in [4.78, 5) is 8.51. The van der Waals surface area contributed by atoms with Gasteiger partial charge in [0.1, 0.15) is 12.1 Å². The van der Waals surface area contributed by atoms with Gasteiger partial charge < -0.3 is 5.32 Å². The Morgan fingerprint density at radius 1 is 1.32 bits per heavy atom. The Kier molecular flexibility index (Phi) is 3.12. The average molecular weight is 259 g/mol. The first-order valence-electron chi connectivity index (χ1n) is 7.08. The lowest BCUT2D eigenvalue weighted by atomic mass is 9.76. The number of nitrogens with one attached hydrogen (secondary N) is 1. The smallest absolute Gasteiger partial charge is 0.254 e. The van der Waals surface area contributed by atoms with Gasteiger partial charge in [0.2, 0.25) is 0 Å². The number of anilines is 1. The highest BCUT2D eigenvalue weighted by Gasteiger charge is 2.26. The average Bonchev–Trinajstić information content (AvgIpc) is 2.85. The van der Waals surface area contributed by atoms with Gasteiger partial charge in [-0.2, -0.15) is 14.6 Å². The van der Waals surface area contributed by atoms with Crippen molar-refractivity contribution in [2.45, 2.75) is 46.0 Å². The summed E-state index contributed by atoms with van der Waals surface area (Å²) in [7, 11) is 0. The molecule has 0 bridgehead atoms. The van der Waals surface area contributed by atoms with E-state index in [1.165, 1.54) is 32.1 Å². The number of aryl methyl sites for hydroxylation is 1. The Bertz CT molecular complexity index is 568. The lowest BCUT2D eigenvalue weighted by Gasteiger charge is -2.34. The van der Waals surface area contributed by atoms with E-state index < -0.39 is 0 Å². The van der Waals surface area contributed by atoms with Crippen LogP contribution in [0, 0.1) is 12.3 Å². The Morgan fingerprint density at radius 2 is 2.11 bits per heavy atom. The summed E-state index contributed by atoms with van der Waals surface area (Å²) in [6, 6.07) is 2.04. The molecule has 0 unspecified atom stereocenters. The highest BCUT2D eigenvalue weighted by atomic mass is 15.3. The summed E-state index contributed by atoms with van der Waals surface area (Å²) in [5.41, 5.74) is 1.37. The van der Waals surface area contributed by atoms with Gasteiger partial charge in [0.15, 0.2) is 0 Å². The fraction of sp³-hybridized carbons (Fsp3) is 0.643. The van der Waals surface area contributed by atoms with Crippen LogP contribution in [0.3, 0.4) is 0 Å². The minimum atomic E-state index is 0.405. The van der Waals surface area contributed by atoms with Gasteiger partial charge in [0.25, 0.3) is 5.78 Å². The van der Waals surface area contributed by atoms with Crippen molar-refractivity contribution < 1.29 is 0 Å². The van der Waals surface area contributed by atoms with E-state index >= 15 is 0 Å². The van der Waals surface area contributed by atoms with Gasteiger partial charge in [-0.25, -0.2) is 4.98 Å². The molecular formula is C14H21N5. The van der Waals surface area contributed by atoms with Gasteiger partial charge >= 0.3 is 0 Å². The van der Waals surface area contributed by atoms with Gasteiger partial charge in [-0.1, -0.05) is 26.2 Å². The van der Waals surface area contributed by atoms with E-state index in [-0.39, 0.29) is 0 Å². The molecule has 0 spiro atoms. The maximum Gasteiger partial charge on any atom is 0.254 e. The molecule has 102 valence electrons. The Labute approximate surface area is 113 Å². The van der Waals surface area contributed by atoms with Crippen molar-refractivity contribution >= 4 is 11.6 Å². The zero-order valence-electron chi connectivity index (χ0n) is 11.7. The van der Waals surface area contributed by atoms with Crippen molar-refractivity contribution in [3.63, 3.8) is 0 Å². The predicted molar refractivity (Wildman–Crippen MR) is 75.2 cm³/mol. The molecule has 2 heterocycles. The van der Waals surface area contributed by atoms with Crippen LogP contribution >= 0.6 is 0 Å². The third-order valence-electron chi connectivity index (χ3n) is 4.14. The SMILES string of the molecule is Cc1cc(NCC2(C)CCCCC2)n2ncnc2n1. The molecule has 5 heteroatoms. The monoisotopic (exact) mass is 259 g/mol. The van der Waals surface area contributed by atoms with Gasteiger partial charge in [-0.05, 0) is 25.2 Å². The normalized spacial score (nSPS) is 18.6. The molecule has 0 saturated heterocycles. The molecule has 2 aromatic heterocycles. The number of hydrogen-bond acceptors (Lipinski definition) is 4. The molecule has 19 heavy (non-hydrogen) atoms. The molecular weight excluding hydrogens is 238 g/mol. The zero-order valence-corrected chi connectivity index (χ0v) is 11.7. The van der Waals surface area contributed by atoms with Crippen molar-refractivity contribution in [1.82, 2.24) is 19.6 Å². The van der Waals surface area contributed by atoms with Crippen LogP contribution in [0.5, 0.6) is 0 Å². The lowest BCUT2D eigenvalue weighted by molar-refractivity contribution is 0.233. The minimum Gasteiger partial charge on any atom is -0.369 e. The van der Waals surface area contributed by atoms with E-state index in [1.54, 1.807) is 10.8 Å². The highest BCUT2D eigenvalue weighted by molar-refractivity contribution is 5.44. The Hall–Kier alpha value is -1.65. The first kappa shape index (κ1) is 12.4. The second kappa shape index (κ2) is 4.79. The van der Waals surface area contributed by atoms with Crippen molar-refractivity contribution in [3.05, 3.63) is 18.1 Å². The van der Waals surface area contributed by atoms with Crippen molar-refractivity contribution in [2.24, 2.45) is 5.41 Å². The summed E-state index contributed by atoms with van der Waals surface area (Å²) in [5.74, 6) is 1.66. The van der Waals surface area contributed by atoms with Crippen LogP contribution in [0.15, 0.2) is 12.4 Å². The molecule has 0 aliphatic heterocycles. The predicted octanol–water partition coefficient (Wildman–Crippen LogP) is 2.82. The molecule has 0 amide bonds. The van der Waals surface area contributed by atoms with Crippen LogP contribution in [0.4, 0.5) is 5.82 Å². The molecule has 1 aliphatic carbocycles. The molecule has 0 atom stereocenters. The van der Waals surface area contributed by atoms with E-state index in [9.17, 15) is 0 Å². The first-order valence-corrected chi connectivity index (χ1v) is 7.08. The molecule has 3 rings (SSSR count).